The molecular weight excluding hydrogens is 348 g/mol. The Morgan fingerprint density at radius 1 is 0.821 bits per heavy atom. The lowest BCUT2D eigenvalue weighted by Crippen LogP contribution is -2.49. The molecule has 0 atom stereocenters. The lowest BCUT2D eigenvalue weighted by molar-refractivity contribution is 0.0737. The Morgan fingerprint density at radius 3 is 2.07 bits per heavy atom. The summed E-state index contributed by atoms with van der Waals surface area (Å²) in [5.41, 5.74) is 6.04. The Bertz CT molecular complexity index is 999. The van der Waals surface area contributed by atoms with E-state index in [1.807, 2.05) is 43.0 Å². The van der Waals surface area contributed by atoms with Crippen molar-refractivity contribution in [3.63, 3.8) is 0 Å². The highest BCUT2D eigenvalue weighted by Crippen LogP contribution is 2.20. The van der Waals surface area contributed by atoms with Gasteiger partial charge in [-0.15, -0.1) is 0 Å². The monoisotopic (exact) mass is 374 g/mol. The van der Waals surface area contributed by atoms with Crippen LogP contribution in [0.1, 0.15) is 27.3 Å². The molecule has 1 aromatic heterocycles. The van der Waals surface area contributed by atoms with E-state index in [0.717, 1.165) is 30.0 Å². The van der Waals surface area contributed by atoms with Gasteiger partial charge in [-0.25, -0.2) is 4.68 Å². The number of amides is 1. The van der Waals surface area contributed by atoms with Crippen LogP contribution >= 0.6 is 0 Å². The average Bonchev–Trinajstić information content (AvgIpc) is 3.09. The molecule has 3 aromatic rings. The molecule has 1 aliphatic heterocycles. The van der Waals surface area contributed by atoms with Gasteiger partial charge in [0.25, 0.3) is 5.91 Å². The highest BCUT2D eigenvalue weighted by atomic mass is 16.2. The van der Waals surface area contributed by atoms with Crippen molar-refractivity contribution in [1.82, 2.24) is 14.7 Å². The number of aromatic nitrogens is 2. The first kappa shape index (κ1) is 18.3. The van der Waals surface area contributed by atoms with Gasteiger partial charge in [-0.05, 0) is 62.2 Å². The number of carbonyl (C=O) groups is 1. The lowest BCUT2D eigenvalue weighted by atomic mass is 10.2. The number of nitrogens with zero attached hydrogens (tertiary/aromatic N) is 4. The molecule has 0 unspecified atom stereocenters. The first-order chi connectivity index (χ1) is 13.5. The van der Waals surface area contributed by atoms with Gasteiger partial charge in [-0.2, -0.15) is 5.10 Å². The van der Waals surface area contributed by atoms with Crippen LogP contribution in [0.4, 0.5) is 5.69 Å². The van der Waals surface area contributed by atoms with Crippen LogP contribution in [-0.4, -0.2) is 46.8 Å². The molecule has 0 radical (unpaired) electrons. The van der Waals surface area contributed by atoms with E-state index in [-0.39, 0.29) is 5.91 Å². The molecule has 5 heteroatoms. The quantitative estimate of drug-likeness (QED) is 0.701. The van der Waals surface area contributed by atoms with Crippen LogP contribution in [-0.2, 0) is 0 Å². The molecule has 1 amide bonds. The topological polar surface area (TPSA) is 41.4 Å². The molecule has 1 fully saturated rings. The fourth-order valence-corrected chi connectivity index (χ4v) is 3.76. The molecule has 4 rings (SSSR count). The van der Waals surface area contributed by atoms with Crippen molar-refractivity contribution in [3.8, 4) is 5.69 Å². The zero-order valence-electron chi connectivity index (χ0n) is 16.7. The molecule has 0 bridgehead atoms. The maximum atomic E-state index is 13.2. The van der Waals surface area contributed by atoms with E-state index in [0.29, 0.717) is 18.8 Å². The van der Waals surface area contributed by atoms with E-state index in [4.69, 9.17) is 0 Å². The predicted molar refractivity (Wildman–Crippen MR) is 112 cm³/mol. The summed E-state index contributed by atoms with van der Waals surface area (Å²) in [5, 5.41) is 4.57. The summed E-state index contributed by atoms with van der Waals surface area (Å²) in [4.78, 5) is 17.5. The number of aryl methyl sites for hydroxylation is 3. The molecule has 1 saturated heterocycles. The van der Waals surface area contributed by atoms with Gasteiger partial charge in [-0.1, -0.05) is 24.3 Å². The Kier molecular flexibility index (Phi) is 4.90. The van der Waals surface area contributed by atoms with Crippen LogP contribution in [0.25, 0.3) is 5.69 Å². The molecule has 144 valence electrons. The number of anilines is 1. The Labute approximate surface area is 166 Å². The van der Waals surface area contributed by atoms with Crippen LogP contribution in [0.5, 0.6) is 0 Å². The zero-order chi connectivity index (χ0) is 19.7. The van der Waals surface area contributed by atoms with Crippen molar-refractivity contribution in [2.45, 2.75) is 20.8 Å². The standard InChI is InChI=1S/C23H26N4O/c1-17-6-4-8-20(14-17)25-10-12-26(13-11-25)23(28)22-16-19(3)24-27(22)21-9-5-7-18(2)15-21/h4-9,14-16H,10-13H2,1-3H3. The summed E-state index contributed by atoms with van der Waals surface area (Å²) in [6.45, 7) is 9.19. The van der Waals surface area contributed by atoms with E-state index >= 15 is 0 Å². The van der Waals surface area contributed by atoms with E-state index in [2.05, 4.69) is 47.3 Å². The maximum absolute atomic E-state index is 13.2. The van der Waals surface area contributed by atoms with Crippen molar-refractivity contribution in [3.05, 3.63) is 77.1 Å². The Morgan fingerprint density at radius 2 is 1.43 bits per heavy atom. The summed E-state index contributed by atoms with van der Waals surface area (Å²) in [7, 11) is 0. The SMILES string of the molecule is Cc1cccc(N2CCN(C(=O)c3cc(C)nn3-c3cccc(C)c3)CC2)c1. The molecule has 28 heavy (non-hydrogen) atoms. The fourth-order valence-electron chi connectivity index (χ4n) is 3.76. The number of hydrogen-bond donors (Lipinski definition) is 0. The van der Waals surface area contributed by atoms with Crippen LogP contribution in [0, 0.1) is 20.8 Å². The van der Waals surface area contributed by atoms with Crippen molar-refractivity contribution in [1.29, 1.82) is 0 Å². The number of hydrogen-bond acceptors (Lipinski definition) is 3. The summed E-state index contributed by atoms with van der Waals surface area (Å²) in [6.07, 6.45) is 0. The van der Waals surface area contributed by atoms with Crippen LogP contribution in [0.2, 0.25) is 0 Å². The number of rotatable bonds is 3. The van der Waals surface area contributed by atoms with Gasteiger partial charge in [0.2, 0.25) is 0 Å². The first-order valence-electron chi connectivity index (χ1n) is 9.76. The highest BCUT2D eigenvalue weighted by molar-refractivity contribution is 5.93. The second-order valence-electron chi connectivity index (χ2n) is 7.54. The zero-order valence-corrected chi connectivity index (χ0v) is 16.7. The smallest absolute Gasteiger partial charge is 0.272 e. The van der Waals surface area contributed by atoms with Gasteiger partial charge >= 0.3 is 0 Å². The van der Waals surface area contributed by atoms with Gasteiger partial charge in [-0.3, -0.25) is 4.79 Å². The molecule has 0 N–H and O–H groups in total. The molecule has 1 aliphatic rings. The van der Waals surface area contributed by atoms with Gasteiger partial charge in [0.15, 0.2) is 0 Å². The van der Waals surface area contributed by atoms with E-state index in [9.17, 15) is 4.79 Å². The third-order valence-corrected chi connectivity index (χ3v) is 5.23. The Balaban J connectivity index is 1.52. The van der Waals surface area contributed by atoms with Crippen molar-refractivity contribution in [2.75, 3.05) is 31.1 Å². The number of benzene rings is 2. The largest absolute Gasteiger partial charge is 0.368 e. The maximum Gasteiger partial charge on any atom is 0.272 e. The molecule has 0 aliphatic carbocycles. The van der Waals surface area contributed by atoms with Crippen molar-refractivity contribution < 1.29 is 4.79 Å². The van der Waals surface area contributed by atoms with Crippen LogP contribution < -0.4 is 4.90 Å². The molecule has 5 nitrogen and oxygen atoms in total. The first-order valence-corrected chi connectivity index (χ1v) is 9.76. The fraction of sp³-hybridized carbons (Fsp3) is 0.304. The van der Waals surface area contributed by atoms with Gasteiger partial charge < -0.3 is 9.80 Å². The molecular formula is C23H26N4O. The number of carbonyl (C=O) groups excluding carboxylic acids is 1. The Hall–Kier alpha value is -3.08. The van der Waals surface area contributed by atoms with E-state index in [1.54, 1.807) is 4.68 Å². The normalized spacial score (nSPS) is 14.4. The minimum Gasteiger partial charge on any atom is -0.368 e. The van der Waals surface area contributed by atoms with E-state index in [1.165, 1.54) is 11.3 Å². The third-order valence-electron chi connectivity index (χ3n) is 5.23. The van der Waals surface area contributed by atoms with Crippen molar-refractivity contribution in [2.24, 2.45) is 0 Å². The second kappa shape index (κ2) is 7.50. The molecule has 0 saturated carbocycles. The summed E-state index contributed by atoms with van der Waals surface area (Å²) >= 11 is 0. The minimum atomic E-state index is 0.0472. The predicted octanol–water partition coefficient (Wildman–Crippen LogP) is 3.76. The number of piperazine rings is 1. The van der Waals surface area contributed by atoms with E-state index < -0.39 is 0 Å². The minimum absolute atomic E-state index is 0.0472. The average molecular weight is 374 g/mol. The second-order valence-corrected chi connectivity index (χ2v) is 7.54. The van der Waals surface area contributed by atoms with Gasteiger partial charge in [0.1, 0.15) is 5.69 Å². The summed E-state index contributed by atoms with van der Waals surface area (Å²) in [5.74, 6) is 0.0472. The molecule has 0 spiro atoms. The highest BCUT2D eigenvalue weighted by Gasteiger charge is 2.25. The van der Waals surface area contributed by atoms with Crippen LogP contribution in [0.3, 0.4) is 0 Å². The van der Waals surface area contributed by atoms with Crippen molar-refractivity contribution >= 4 is 11.6 Å². The molecule has 2 heterocycles. The van der Waals surface area contributed by atoms with Gasteiger partial charge in [0.05, 0.1) is 11.4 Å². The third kappa shape index (κ3) is 3.65. The summed E-state index contributed by atoms with van der Waals surface area (Å²) < 4.78 is 1.78. The van der Waals surface area contributed by atoms with Crippen LogP contribution in [0.15, 0.2) is 54.6 Å². The summed E-state index contributed by atoms with van der Waals surface area (Å²) in [6, 6.07) is 18.5. The lowest BCUT2D eigenvalue weighted by Gasteiger charge is -2.36. The molecule has 2 aromatic carbocycles. The van der Waals surface area contributed by atoms with Gasteiger partial charge in [0, 0.05) is 31.9 Å².